The molecule has 0 radical (unpaired) electrons. The highest BCUT2D eigenvalue weighted by Crippen LogP contribution is 2.34. The molecule has 0 spiro atoms. The van der Waals surface area contributed by atoms with E-state index in [0.717, 1.165) is 5.03 Å². The van der Waals surface area contributed by atoms with Gasteiger partial charge in [0, 0.05) is 23.5 Å². The summed E-state index contributed by atoms with van der Waals surface area (Å²) in [5, 5.41) is 1.32. The maximum Gasteiger partial charge on any atom is 0.240 e. The van der Waals surface area contributed by atoms with Gasteiger partial charge in [-0.05, 0) is 6.92 Å². The second-order valence-electron chi connectivity index (χ2n) is 4.15. The maximum absolute atomic E-state index is 12.1. The largest absolute Gasteiger partial charge is 0.305 e. The number of benzene rings is 1. The molecule has 0 saturated carbocycles. The van der Waals surface area contributed by atoms with Crippen molar-refractivity contribution >= 4 is 39.4 Å². The van der Waals surface area contributed by atoms with Crippen molar-refractivity contribution in [3.8, 4) is 0 Å². The molecule has 1 aliphatic rings. The summed E-state index contributed by atoms with van der Waals surface area (Å²) in [7, 11) is 0. The summed E-state index contributed by atoms with van der Waals surface area (Å²) >= 11 is 4.77. The Morgan fingerprint density at radius 1 is 1.42 bits per heavy atom. The van der Waals surface area contributed by atoms with E-state index in [1.807, 2.05) is 25.1 Å². The Kier molecular flexibility index (Phi) is 4.82. The fraction of sp³-hybridized carbons (Fsp3) is 0.286. The standard InChI is InChI=1S/C14H14BrNO2S/c1-10-14(18)16(8-7-15)13(19-10)9-12(17)11-5-3-2-4-6-11/h2-6,9-10H,7-8H2,1H3/b13-9-. The summed E-state index contributed by atoms with van der Waals surface area (Å²) in [6.07, 6.45) is 1.56. The zero-order valence-corrected chi connectivity index (χ0v) is 12.9. The Morgan fingerprint density at radius 3 is 2.74 bits per heavy atom. The highest BCUT2D eigenvalue weighted by molar-refractivity contribution is 9.09. The normalized spacial score (nSPS) is 21.2. The van der Waals surface area contributed by atoms with Crippen LogP contribution in [0, 0.1) is 0 Å². The molecule has 0 N–H and O–H groups in total. The zero-order valence-electron chi connectivity index (χ0n) is 10.5. The number of allylic oxidation sites excluding steroid dienone is 1. The Morgan fingerprint density at radius 2 is 2.11 bits per heavy atom. The molecular weight excluding hydrogens is 326 g/mol. The van der Waals surface area contributed by atoms with Crippen molar-refractivity contribution in [2.45, 2.75) is 12.2 Å². The molecule has 1 aromatic rings. The topological polar surface area (TPSA) is 37.4 Å². The molecule has 1 aliphatic heterocycles. The molecule has 1 aromatic carbocycles. The SMILES string of the molecule is CC1S/C(=C\C(=O)c2ccccc2)N(CCBr)C1=O. The number of amides is 1. The average molecular weight is 340 g/mol. The number of carbonyl (C=O) groups excluding carboxylic acids is 2. The van der Waals surface area contributed by atoms with E-state index in [1.54, 1.807) is 23.1 Å². The third-order valence-corrected chi connectivity index (χ3v) is 4.29. The minimum atomic E-state index is -0.117. The third-order valence-electron chi connectivity index (χ3n) is 2.80. The van der Waals surface area contributed by atoms with E-state index < -0.39 is 0 Å². The summed E-state index contributed by atoms with van der Waals surface area (Å²) in [6.45, 7) is 2.45. The van der Waals surface area contributed by atoms with Crippen molar-refractivity contribution in [1.82, 2.24) is 4.90 Å². The fourth-order valence-corrected chi connectivity index (χ4v) is 3.27. The predicted octanol–water partition coefficient (Wildman–Crippen LogP) is 3.07. The van der Waals surface area contributed by atoms with Crippen LogP contribution in [0.4, 0.5) is 0 Å². The number of hydrogen-bond acceptors (Lipinski definition) is 3. The van der Waals surface area contributed by atoms with E-state index in [2.05, 4.69) is 15.9 Å². The predicted molar refractivity (Wildman–Crippen MR) is 81.4 cm³/mol. The van der Waals surface area contributed by atoms with E-state index in [-0.39, 0.29) is 16.9 Å². The van der Waals surface area contributed by atoms with Gasteiger partial charge in [-0.2, -0.15) is 0 Å². The van der Waals surface area contributed by atoms with Crippen LogP contribution in [0.25, 0.3) is 0 Å². The van der Waals surface area contributed by atoms with Crippen LogP contribution in [0.15, 0.2) is 41.4 Å². The number of rotatable bonds is 4. The lowest BCUT2D eigenvalue weighted by molar-refractivity contribution is -0.126. The molecule has 1 saturated heterocycles. The lowest BCUT2D eigenvalue weighted by atomic mass is 10.1. The number of alkyl halides is 1. The van der Waals surface area contributed by atoms with Crippen molar-refractivity contribution in [2.24, 2.45) is 0 Å². The Hall–Kier alpha value is -1.07. The first-order chi connectivity index (χ1) is 9.13. The van der Waals surface area contributed by atoms with E-state index in [0.29, 0.717) is 17.4 Å². The highest BCUT2D eigenvalue weighted by atomic mass is 79.9. The Labute approximate surface area is 125 Å². The van der Waals surface area contributed by atoms with Crippen LogP contribution >= 0.6 is 27.7 Å². The van der Waals surface area contributed by atoms with Gasteiger partial charge in [0.15, 0.2) is 5.78 Å². The van der Waals surface area contributed by atoms with Gasteiger partial charge in [-0.1, -0.05) is 58.0 Å². The first-order valence-corrected chi connectivity index (χ1v) is 7.98. The summed E-state index contributed by atoms with van der Waals surface area (Å²) < 4.78 is 0. The lowest BCUT2D eigenvalue weighted by Gasteiger charge is -2.15. The molecular formula is C14H14BrNO2S. The van der Waals surface area contributed by atoms with E-state index in [4.69, 9.17) is 0 Å². The van der Waals surface area contributed by atoms with Gasteiger partial charge in [-0.3, -0.25) is 9.59 Å². The van der Waals surface area contributed by atoms with Crippen LogP contribution in [0.2, 0.25) is 0 Å². The van der Waals surface area contributed by atoms with Gasteiger partial charge in [-0.25, -0.2) is 0 Å². The van der Waals surface area contributed by atoms with Crippen LogP contribution in [0.3, 0.4) is 0 Å². The zero-order chi connectivity index (χ0) is 13.8. The second-order valence-corrected chi connectivity index (χ2v) is 6.31. The molecule has 0 bridgehead atoms. The number of thioether (sulfide) groups is 1. The minimum absolute atomic E-state index is 0.0652. The van der Waals surface area contributed by atoms with E-state index >= 15 is 0 Å². The van der Waals surface area contributed by atoms with Crippen LogP contribution in [-0.4, -0.2) is 33.7 Å². The number of carbonyl (C=O) groups is 2. The molecule has 19 heavy (non-hydrogen) atoms. The van der Waals surface area contributed by atoms with Gasteiger partial charge in [0.2, 0.25) is 5.91 Å². The maximum atomic E-state index is 12.1. The molecule has 3 nitrogen and oxygen atoms in total. The molecule has 1 atom stereocenters. The number of halogens is 1. The molecule has 100 valence electrons. The lowest BCUT2D eigenvalue weighted by Crippen LogP contribution is -2.29. The van der Waals surface area contributed by atoms with E-state index in [9.17, 15) is 9.59 Å². The monoisotopic (exact) mass is 339 g/mol. The highest BCUT2D eigenvalue weighted by Gasteiger charge is 2.33. The van der Waals surface area contributed by atoms with Crippen molar-refractivity contribution < 1.29 is 9.59 Å². The molecule has 1 amide bonds. The molecule has 0 aliphatic carbocycles. The van der Waals surface area contributed by atoms with Crippen LogP contribution in [0.5, 0.6) is 0 Å². The Bertz CT molecular complexity index is 515. The van der Waals surface area contributed by atoms with Crippen LogP contribution in [-0.2, 0) is 4.79 Å². The van der Waals surface area contributed by atoms with Gasteiger partial charge in [-0.15, -0.1) is 0 Å². The number of nitrogens with zero attached hydrogens (tertiary/aromatic N) is 1. The Balaban J connectivity index is 2.22. The average Bonchev–Trinajstić information content (AvgIpc) is 2.68. The van der Waals surface area contributed by atoms with Gasteiger partial charge < -0.3 is 4.90 Å². The third kappa shape index (κ3) is 3.28. The minimum Gasteiger partial charge on any atom is -0.305 e. The second kappa shape index (κ2) is 6.39. The quantitative estimate of drug-likeness (QED) is 0.480. The molecule has 0 aromatic heterocycles. The van der Waals surface area contributed by atoms with Gasteiger partial charge in [0.1, 0.15) is 0 Å². The fourth-order valence-electron chi connectivity index (χ4n) is 1.84. The molecule has 5 heteroatoms. The van der Waals surface area contributed by atoms with Gasteiger partial charge in [0.05, 0.1) is 10.3 Å². The van der Waals surface area contributed by atoms with Crippen LogP contribution in [0.1, 0.15) is 17.3 Å². The summed E-state index contributed by atoms with van der Waals surface area (Å²) in [4.78, 5) is 25.8. The van der Waals surface area contributed by atoms with Crippen molar-refractivity contribution in [3.05, 3.63) is 47.0 Å². The van der Waals surface area contributed by atoms with E-state index in [1.165, 1.54) is 11.8 Å². The van der Waals surface area contributed by atoms with Crippen molar-refractivity contribution in [1.29, 1.82) is 0 Å². The summed E-state index contributed by atoms with van der Waals surface area (Å²) in [6, 6.07) is 9.09. The van der Waals surface area contributed by atoms with Gasteiger partial charge >= 0.3 is 0 Å². The molecule has 1 heterocycles. The molecule has 1 fully saturated rings. The summed E-state index contributed by atoms with van der Waals surface area (Å²) in [5.74, 6) is 0.00105. The van der Waals surface area contributed by atoms with Crippen molar-refractivity contribution in [3.63, 3.8) is 0 Å². The first kappa shape index (κ1) is 14.3. The summed E-state index contributed by atoms with van der Waals surface area (Å²) in [5.41, 5.74) is 0.640. The van der Waals surface area contributed by atoms with Crippen LogP contribution < -0.4 is 0 Å². The van der Waals surface area contributed by atoms with Crippen molar-refractivity contribution in [2.75, 3.05) is 11.9 Å². The smallest absolute Gasteiger partial charge is 0.240 e. The number of ketones is 1. The molecule has 1 unspecified atom stereocenters. The van der Waals surface area contributed by atoms with Gasteiger partial charge in [0.25, 0.3) is 0 Å². The first-order valence-electron chi connectivity index (χ1n) is 5.98. The molecule has 2 rings (SSSR count). The number of hydrogen-bond donors (Lipinski definition) is 0.